The van der Waals surface area contributed by atoms with E-state index >= 15 is 0 Å². The molecule has 1 amide bonds. The standard InChI is InChI=1S/C15H19N3O/c1-10-4-6-12(8-14(10)16)15(19)17-9-13-7-5-11(2)18(13)3/h4-8H,9,16H2,1-3H3,(H,17,19). The van der Waals surface area contributed by atoms with E-state index in [1.807, 2.05) is 39.1 Å². The van der Waals surface area contributed by atoms with Crippen LogP contribution >= 0.6 is 0 Å². The summed E-state index contributed by atoms with van der Waals surface area (Å²) in [5, 5.41) is 2.90. The van der Waals surface area contributed by atoms with E-state index in [0.717, 1.165) is 11.3 Å². The number of rotatable bonds is 3. The lowest BCUT2D eigenvalue weighted by molar-refractivity contribution is 0.0950. The van der Waals surface area contributed by atoms with Gasteiger partial charge in [-0.1, -0.05) is 6.07 Å². The van der Waals surface area contributed by atoms with Crippen LogP contribution in [0.4, 0.5) is 5.69 Å². The molecule has 0 bridgehead atoms. The lowest BCUT2D eigenvalue weighted by atomic mass is 10.1. The zero-order valence-corrected chi connectivity index (χ0v) is 11.5. The normalized spacial score (nSPS) is 10.5. The van der Waals surface area contributed by atoms with Crippen LogP contribution in [0.25, 0.3) is 0 Å². The summed E-state index contributed by atoms with van der Waals surface area (Å²) >= 11 is 0. The first-order chi connectivity index (χ1) is 8.99. The van der Waals surface area contributed by atoms with Crippen LogP contribution in [0.5, 0.6) is 0 Å². The fourth-order valence-electron chi connectivity index (χ4n) is 1.90. The van der Waals surface area contributed by atoms with Crippen LogP contribution < -0.4 is 11.1 Å². The first-order valence-corrected chi connectivity index (χ1v) is 6.24. The average molecular weight is 257 g/mol. The van der Waals surface area contributed by atoms with E-state index in [2.05, 4.69) is 9.88 Å². The molecule has 0 fully saturated rings. The van der Waals surface area contributed by atoms with Crippen molar-refractivity contribution in [3.63, 3.8) is 0 Å². The summed E-state index contributed by atoms with van der Waals surface area (Å²) in [4.78, 5) is 12.0. The Bertz CT molecular complexity index is 614. The number of nitrogens with zero attached hydrogens (tertiary/aromatic N) is 1. The van der Waals surface area contributed by atoms with E-state index in [0.29, 0.717) is 17.8 Å². The molecule has 0 saturated heterocycles. The predicted molar refractivity (Wildman–Crippen MR) is 76.9 cm³/mol. The number of nitrogens with two attached hydrogens (primary N) is 1. The smallest absolute Gasteiger partial charge is 0.251 e. The van der Waals surface area contributed by atoms with Crippen molar-refractivity contribution in [1.29, 1.82) is 0 Å². The Kier molecular flexibility index (Phi) is 3.60. The van der Waals surface area contributed by atoms with Crippen LogP contribution in [-0.4, -0.2) is 10.5 Å². The monoisotopic (exact) mass is 257 g/mol. The molecule has 100 valence electrons. The summed E-state index contributed by atoms with van der Waals surface area (Å²) in [5.74, 6) is -0.106. The molecule has 4 heteroatoms. The summed E-state index contributed by atoms with van der Waals surface area (Å²) in [6.07, 6.45) is 0. The number of benzene rings is 1. The number of aryl methyl sites for hydroxylation is 2. The second-order valence-corrected chi connectivity index (χ2v) is 4.78. The highest BCUT2D eigenvalue weighted by molar-refractivity contribution is 5.95. The maximum Gasteiger partial charge on any atom is 0.251 e. The van der Waals surface area contributed by atoms with Crippen molar-refractivity contribution in [2.45, 2.75) is 20.4 Å². The molecule has 1 aromatic heterocycles. The van der Waals surface area contributed by atoms with E-state index in [4.69, 9.17) is 5.73 Å². The van der Waals surface area contributed by atoms with Crippen molar-refractivity contribution in [2.75, 3.05) is 5.73 Å². The van der Waals surface area contributed by atoms with E-state index < -0.39 is 0 Å². The van der Waals surface area contributed by atoms with Gasteiger partial charge in [0.05, 0.1) is 6.54 Å². The summed E-state index contributed by atoms with van der Waals surface area (Å²) in [5.41, 5.74) is 10.3. The van der Waals surface area contributed by atoms with Gasteiger partial charge in [-0.3, -0.25) is 4.79 Å². The van der Waals surface area contributed by atoms with Crippen molar-refractivity contribution in [1.82, 2.24) is 9.88 Å². The minimum Gasteiger partial charge on any atom is -0.398 e. The van der Waals surface area contributed by atoms with Crippen molar-refractivity contribution >= 4 is 11.6 Å². The van der Waals surface area contributed by atoms with E-state index in [-0.39, 0.29) is 5.91 Å². The number of aromatic nitrogens is 1. The van der Waals surface area contributed by atoms with Crippen LogP contribution in [0.3, 0.4) is 0 Å². The van der Waals surface area contributed by atoms with E-state index in [9.17, 15) is 4.79 Å². The minimum absolute atomic E-state index is 0.106. The second kappa shape index (κ2) is 5.18. The number of hydrogen-bond donors (Lipinski definition) is 2. The molecule has 4 nitrogen and oxygen atoms in total. The minimum atomic E-state index is -0.106. The zero-order chi connectivity index (χ0) is 14.0. The predicted octanol–water partition coefficient (Wildman–Crippen LogP) is 2.15. The quantitative estimate of drug-likeness (QED) is 0.828. The van der Waals surface area contributed by atoms with Gasteiger partial charge in [-0.2, -0.15) is 0 Å². The van der Waals surface area contributed by atoms with Crippen LogP contribution in [0, 0.1) is 13.8 Å². The third kappa shape index (κ3) is 2.78. The zero-order valence-electron chi connectivity index (χ0n) is 11.5. The van der Waals surface area contributed by atoms with Gasteiger partial charge < -0.3 is 15.6 Å². The number of hydrogen-bond acceptors (Lipinski definition) is 2. The van der Waals surface area contributed by atoms with Gasteiger partial charge in [0.1, 0.15) is 0 Å². The SMILES string of the molecule is Cc1ccc(C(=O)NCc2ccc(C)n2C)cc1N. The molecule has 0 saturated carbocycles. The molecule has 0 aliphatic rings. The highest BCUT2D eigenvalue weighted by atomic mass is 16.1. The molecule has 0 aliphatic carbocycles. The second-order valence-electron chi connectivity index (χ2n) is 4.78. The number of amides is 1. The molecule has 2 rings (SSSR count). The van der Waals surface area contributed by atoms with Gasteiger partial charge in [0.15, 0.2) is 0 Å². The first-order valence-electron chi connectivity index (χ1n) is 6.24. The van der Waals surface area contributed by atoms with Crippen LogP contribution in [0.15, 0.2) is 30.3 Å². The van der Waals surface area contributed by atoms with Gasteiger partial charge in [0.2, 0.25) is 0 Å². The van der Waals surface area contributed by atoms with Gasteiger partial charge in [0.25, 0.3) is 5.91 Å². The van der Waals surface area contributed by atoms with Crippen LogP contribution in [0.1, 0.15) is 27.3 Å². The molecular formula is C15H19N3O. The summed E-state index contributed by atoms with van der Waals surface area (Å²) in [6, 6.07) is 9.40. The van der Waals surface area contributed by atoms with Crippen LogP contribution in [0.2, 0.25) is 0 Å². The Morgan fingerprint density at radius 2 is 2.00 bits per heavy atom. The summed E-state index contributed by atoms with van der Waals surface area (Å²) < 4.78 is 2.06. The average Bonchev–Trinajstić information content (AvgIpc) is 2.70. The number of carbonyl (C=O) groups excluding carboxylic acids is 1. The largest absolute Gasteiger partial charge is 0.398 e. The fraction of sp³-hybridized carbons (Fsp3) is 0.267. The lowest BCUT2D eigenvalue weighted by Crippen LogP contribution is -2.24. The Balaban J connectivity index is 2.05. The number of nitrogen functional groups attached to an aromatic ring is 1. The number of carbonyl (C=O) groups is 1. The lowest BCUT2D eigenvalue weighted by Gasteiger charge is -2.08. The summed E-state index contributed by atoms with van der Waals surface area (Å²) in [6.45, 7) is 4.46. The Morgan fingerprint density at radius 3 is 2.58 bits per heavy atom. The van der Waals surface area contributed by atoms with Crippen molar-refractivity contribution < 1.29 is 4.79 Å². The fourth-order valence-corrected chi connectivity index (χ4v) is 1.90. The van der Waals surface area contributed by atoms with E-state index in [1.54, 1.807) is 12.1 Å². The molecule has 0 radical (unpaired) electrons. The van der Waals surface area contributed by atoms with Gasteiger partial charge in [-0.05, 0) is 43.7 Å². The van der Waals surface area contributed by atoms with Crippen molar-refractivity contribution in [3.05, 3.63) is 52.8 Å². The molecule has 19 heavy (non-hydrogen) atoms. The maximum absolute atomic E-state index is 12.0. The number of anilines is 1. The molecule has 0 aliphatic heterocycles. The third-order valence-electron chi connectivity index (χ3n) is 3.45. The molecule has 3 N–H and O–H groups in total. The van der Waals surface area contributed by atoms with Crippen molar-refractivity contribution in [2.24, 2.45) is 7.05 Å². The molecule has 1 heterocycles. The molecule has 0 atom stereocenters. The topological polar surface area (TPSA) is 60.0 Å². The molecule has 2 aromatic rings. The molecule has 0 spiro atoms. The summed E-state index contributed by atoms with van der Waals surface area (Å²) in [7, 11) is 1.99. The van der Waals surface area contributed by atoms with E-state index in [1.165, 1.54) is 5.69 Å². The highest BCUT2D eigenvalue weighted by Gasteiger charge is 2.08. The third-order valence-corrected chi connectivity index (χ3v) is 3.45. The van der Waals surface area contributed by atoms with Crippen molar-refractivity contribution in [3.8, 4) is 0 Å². The van der Waals surface area contributed by atoms with Gasteiger partial charge in [-0.25, -0.2) is 0 Å². The van der Waals surface area contributed by atoms with Gasteiger partial charge >= 0.3 is 0 Å². The van der Waals surface area contributed by atoms with Gasteiger partial charge in [-0.15, -0.1) is 0 Å². The molecular weight excluding hydrogens is 238 g/mol. The highest BCUT2D eigenvalue weighted by Crippen LogP contribution is 2.13. The molecule has 0 unspecified atom stereocenters. The van der Waals surface area contributed by atoms with Crippen LogP contribution in [-0.2, 0) is 13.6 Å². The Morgan fingerprint density at radius 1 is 1.26 bits per heavy atom. The first kappa shape index (κ1) is 13.2. The molecule has 1 aromatic carbocycles. The van der Waals surface area contributed by atoms with Gasteiger partial charge in [0, 0.05) is 29.7 Å². The number of nitrogens with one attached hydrogen (secondary N) is 1. The Labute approximate surface area is 113 Å². The maximum atomic E-state index is 12.0. The Hall–Kier alpha value is -2.23.